The van der Waals surface area contributed by atoms with Crippen LogP contribution in [0.25, 0.3) is 0 Å². The molecule has 1 saturated heterocycles. The largest absolute Gasteiger partial charge is 0.343 e. The summed E-state index contributed by atoms with van der Waals surface area (Å²) in [7, 11) is 0. The lowest BCUT2D eigenvalue weighted by molar-refractivity contribution is -0.138. The van der Waals surface area contributed by atoms with Crippen molar-refractivity contribution in [3.63, 3.8) is 0 Å². The molecule has 0 bridgehead atoms. The maximum Gasteiger partial charge on any atom is 0.245 e. The van der Waals surface area contributed by atoms with Gasteiger partial charge in [0.1, 0.15) is 11.6 Å². The Balaban J connectivity index is 0.00000288. The summed E-state index contributed by atoms with van der Waals surface area (Å²) in [6, 6.07) is 6.73. The van der Waals surface area contributed by atoms with Gasteiger partial charge in [-0.2, -0.15) is 0 Å². The number of hydrogen-bond donors (Lipinski definition) is 2. The van der Waals surface area contributed by atoms with E-state index in [4.69, 9.17) is 5.73 Å². The number of carbonyl (C=O) groups is 2. The molecule has 7 heteroatoms. The highest BCUT2D eigenvalue weighted by Crippen LogP contribution is 2.21. The fraction of sp³-hybridized carbons (Fsp3) is 0.529. The van der Waals surface area contributed by atoms with Crippen molar-refractivity contribution in [1.29, 1.82) is 0 Å². The van der Waals surface area contributed by atoms with Gasteiger partial charge >= 0.3 is 0 Å². The Morgan fingerprint density at radius 1 is 1.21 bits per heavy atom. The van der Waals surface area contributed by atoms with Crippen molar-refractivity contribution in [3.8, 4) is 0 Å². The quantitative estimate of drug-likeness (QED) is 0.789. The summed E-state index contributed by atoms with van der Waals surface area (Å²) in [6.45, 7) is 4.91. The maximum atomic E-state index is 12.5. The molecule has 2 rings (SSSR count). The zero-order valence-electron chi connectivity index (χ0n) is 14.0. The van der Waals surface area contributed by atoms with Crippen LogP contribution in [0.2, 0.25) is 0 Å². The first kappa shape index (κ1) is 20.9. The Bertz CT molecular complexity index is 572. The number of nitrogens with two attached hydrogens (primary N) is 1. The van der Waals surface area contributed by atoms with Crippen LogP contribution in [-0.2, 0) is 15.1 Å². The number of halogens is 2. The Morgan fingerprint density at radius 2 is 1.75 bits per heavy atom. The number of nitrogens with zero attached hydrogens (tertiary/aromatic N) is 1. The molecule has 24 heavy (non-hydrogen) atoms. The van der Waals surface area contributed by atoms with Crippen molar-refractivity contribution >= 4 is 40.2 Å². The minimum atomic E-state index is -1.18. The summed E-state index contributed by atoms with van der Waals surface area (Å²) in [5.74, 6) is -0.387. The third kappa shape index (κ3) is 4.94. The van der Waals surface area contributed by atoms with E-state index in [-0.39, 0.29) is 24.2 Å². The molecule has 134 valence electrons. The van der Waals surface area contributed by atoms with E-state index in [1.165, 1.54) is 0 Å². The molecule has 0 saturated carbocycles. The van der Waals surface area contributed by atoms with Crippen LogP contribution in [0.5, 0.6) is 0 Å². The maximum absolute atomic E-state index is 12.5. The monoisotopic (exact) mass is 417 g/mol. The second-order valence-electron chi connectivity index (χ2n) is 6.29. The molecular formula is C17H25BrClN3O2. The highest BCUT2D eigenvalue weighted by atomic mass is 79.9. The molecule has 3 N–H and O–H groups in total. The van der Waals surface area contributed by atoms with Gasteiger partial charge in [-0.1, -0.05) is 28.1 Å². The SMILES string of the molecule is C[C@H](NC(=O)C(C)(N)c1ccc(Br)cc1)C(=O)N1CCCCC1.Cl. The summed E-state index contributed by atoms with van der Waals surface area (Å²) < 4.78 is 0.922. The molecule has 0 aliphatic carbocycles. The van der Waals surface area contributed by atoms with E-state index in [1.54, 1.807) is 26.0 Å². The Labute approximate surface area is 157 Å². The van der Waals surface area contributed by atoms with Gasteiger partial charge < -0.3 is 16.0 Å². The smallest absolute Gasteiger partial charge is 0.245 e. The predicted molar refractivity (Wildman–Crippen MR) is 101 cm³/mol. The lowest BCUT2D eigenvalue weighted by atomic mass is 9.92. The molecular weight excluding hydrogens is 394 g/mol. The van der Waals surface area contributed by atoms with Crippen molar-refractivity contribution in [2.45, 2.75) is 44.7 Å². The number of rotatable bonds is 4. The second kappa shape index (κ2) is 8.83. The zero-order chi connectivity index (χ0) is 17.0. The van der Waals surface area contributed by atoms with Crippen LogP contribution in [0.3, 0.4) is 0 Å². The van der Waals surface area contributed by atoms with Gasteiger partial charge in [0.25, 0.3) is 0 Å². The van der Waals surface area contributed by atoms with E-state index in [0.717, 1.165) is 36.8 Å². The molecule has 2 amide bonds. The fourth-order valence-electron chi connectivity index (χ4n) is 2.72. The van der Waals surface area contributed by atoms with Crippen LogP contribution in [-0.4, -0.2) is 35.8 Å². The second-order valence-corrected chi connectivity index (χ2v) is 7.21. The molecule has 1 heterocycles. The molecule has 1 aromatic carbocycles. The summed E-state index contributed by atoms with van der Waals surface area (Å²) in [5.41, 5.74) is 5.73. The van der Waals surface area contributed by atoms with E-state index >= 15 is 0 Å². The number of nitrogens with one attached hydrogen (secondary N) is 1. The third-order valence-corrected chi connectivity index (χ3v) is 4.83. The molecule has 2 atom stereocenters. The summed E-state index contributed by atoms with van der Waals surface area (Å²) >= 11 is 3.36. The van der Waals surface area contributed by atoms with Gasteiger partial charge in [0.2, 0.25) is 11.8 Å². The van der Waals surface area contributed by atoms with Crippen molar-refractivity contribution in [3.05, 3.63) is 34.3 Å². The third-order valence-electron chi connectivity index (χ3n) is 4.30. The molecule has 1 aliphatic heterocycles. The van der Waals surface area contributed by atoms with Gasteiger partial charge in [-0.15, -0.1) is 12.4 Å². The van der Waals surface area contributed by atoms with Crippen LogP contribution in [0.4, 0.5) is 0 Å². The van der Waals surface area contributed by atoms with Gasteiger partial charge in [-0.05, 0) is 50.8 Å². The lowest BCUT2D eigenvalue weighted by Gasteiger charge is -2.31. The zero-order valence-corrected chi connectivity index (χ0v) is 16.5. The van der Waals surface area contributed by atoms with E-state index < -0.39 is 11.6 Å². The van der Waals surface area contributed by atoms with Gasteiger partial charge in [0.15, 0.2) is 0 Å². The van der Waals surface area contributed by atoms with E-state index in [0.29, 0.717) is 5.56 Å². The van der Waals surface area contributed by atoms with E-state index in [1.807, 2.05) is 17.0 Å². The Hall–Kier alpha value is -1.11. The van der Waals surface area contributed by atoms with Crippen LogP contribution in [0.15, 0.2) is 28.7 Å². The van der Waals surface area contributed by atoms with Crippen LogP contribution in [0.1, 0.15) is 38.7 Å². The molecule has 0 spiro atoms. The van der Waals surface area contributed by atoms with Crippen LogP contribution >= 0.6 is 28.3 Å². The topological polar surface area (TPSA) is 75.4 Å². The summed E-state index contributed by atoms with van der Waals surface area (Å²) in [6.07, 6.45) is 3.22. The summed E-state index contributed by atoms with van der Waals surface area (Å²) in [4.78, 5) is 26.8. The van der Waals surface area contributed by atoms with Crippen molar-refractivity contribution in [2.75, 3.05) is 13.1 Å². The molecule has 1 aliphatic rings. The average molecular weight is 419 g/mol. The molecule has 1 aromatic rings. The predicted octanol–water partition coefficient (Wildman–Crippen LogP) is 2.56. The first-order chi connectivity index (χ1) is 10.8. The minimum absolute atomic E-state index is 0. The molecule has 0 aromatic heterocycles. The molecule has 1 fully saturated rings. The number of likely N-dealkylation sites (tertiary alicyclic amines) is 1. The number of piperidine rings is 1. The van der Waals surface area contributed by atoms with E-state index in [2.05, 4.69) is 21.2 Å². The normalized spacial score (nSPS) is 18.1. The fourth-order valence-corrected chi connectivity index (χ4v) is 2.99. The van der Waals surface area contributed by atoms with E-state index in [9.17, 15) is 9.59 Å². The molecule has 5 nitrogen and oxygen atoms in total. The summed E-state index contributed by atoms with van der Waals surface area (Å²) in [5, 5.41) is 2.76. The van der Waals surface area contributed by atoms with Gasteiger partial charge in [0.05, 0.1) is 0 Å². The Morgan fingerprint density at radius 3 is 2.29 bits per heavy atom. The van der Waals surface area contributed by atoms with Crippen molar-refractivity contribution in [1.82, 2.24) is 10.2 Å². The highest BCUT2D eigenvalue weighted by Gasteiger charge is 2.33. The lowest BCUT2D eigenvalue weighted by Crippen LogP contribution is -2.55. The number of benzene rings is 1. The van der Waals surface area contributed by atoms with Crippen LogP contribution < -0.4 is 11.1 Å². The van der Waals surface area contributed by atoms with Crippen molar-refractivity contribution in [2.24, 2.45) is 5.73 Å². The average Bonchev–Trinajstić information content (AvgIpc) is 2.55. The Kier molecular flexibility index (Phi) is 7.70. The van der Waals surface area contributed by atoms with Crippen molar-refractivity contribution < 1.29 is 9.59 Å². The van der Waals surface area contributed by atoms with Gasteiger partial charge in [-0.25, -0.2) is 0 Å². The first-order valence-corrected chi connectivity index (χ1v) is 8.76. The standard InChI is InChI=1S/C17H24BrN3O2.ClH/c1-12(15(22)21-10-4-3-5-11-21)20-16(23)17(2,19)13-6-8-14(18)9-7-13;/h6-9,12H,3-5,10-11,19H2,1-2H3,(H,20,23);1H/t12-,17?;/m0./s1. The number of amides is 2. The first-order valence-electron chi connectivity index (χ1n) is 7.97. The van der Waals surface area contributed by atoms with Crippen LogP contribution in [0, 0.1) is 0 Å². The number of carbonyl (C=O) groups excluding carboxylic acids is 2. The molecule has 1 unspecified atom stereocenters. The van der Waals surface area contributed by atoms with Gasteiger partial charge in [-0.3, -0.25) is 9.59 Å². The highest BCUT2D eigenvalue weighted by molar-refractivity contribution is 9.10. The minimum Gasteiger partial charge on any atom is -0.343 e. The molecule has 0 radical (unpaired) electrons. The number of hydrogen-bond acceptors (Lipinski definition) is 3. The van der Waals surface area contributed by atoms with Gasteiger partial charge in [0, 0.05) is 17.6 Å².